The van der Waals surface area contributed by atoms with Crippen LogP contribution >= 0.6 is 0 Å². The number of ether oxygens (including phenoxy) is 1. The standard InChI is InChI=1S/C24H23N3O2/c1-16-23(17(2)27(26-16)15-18-7-5-4-6-8-18)25-24(28)20-10-9-19-11-12-22(29-3)14-21(19)13-20/h4-14H,15H2,1-3H3,(H,25,28). The Morgan fingerprint density at radius 1 is 1.00 bits per heavy atom. The average molecular weight is 385 g/mol. The first-order valence-electron chi connectivity index (χ1n) is 9.52. The summed E-state index contributed by atoms with van der Waals surface area (Å²) in [5.41, 5.74) is 4.26. The van der Waals surface area contributed by atoms with Crippen LogP contribution in [-0.2, 0) is 6.54 Å². The molecule has 1 heterocycles. The van der Waals surface area contributed by atoms with E-state index >= 15 is 0 Å². The molecule has 4 aromatic rings. The van der Waals surface area contributed by atoms with Crippen molar-refractivity contribution in [1.82, 2.24) is 9.78 Å². The SMILES string of the molecule is COc1ccc2ccc(C(=O)Nc3c(C)nn(Cc4ccccc4)c3C)cc2c1. The second-order valence-corrected chi connectivity index (χ2v) is 7.07. The number of carbonyl (C=O) groups excluding carboxylic acids is 1. The number of fused-ring (bicyclic) bond motifs is 1. The van der Waals surface area contributed by atoms with Gasteiger partial charge in [-0.15, -0.1) is 0 Å². The van der Waals surface area contributed by atoms with Crippen molar-refractivity contribution >= 4 is 22.4 Å². The van der Waals surface area contributed by atoms with Crippen LogP contribution in [0.3, 0.4) is 0 Å². The first kappa shape index (κ1) is 18.7. The van der Waals surface area contributed by atoms with Gasteiger partial charge in [0, 0.05) is 5.56 Å². The van der Waals surface area contributed by atoms with Crippen molar-refractivity contribution in [3.63, 3.8) is 0 Å². The summed E-state index contributed by atoms with van der Waals surface area (Å²) in [4.78, 5) is 12.9. The van der Waals surface area contributed by atoms with Crippen LogP contribution in [0.5, 0.6) is 5.75 Å². The largest absolute Gasteiger partial charge is 0.497 e. The average Bonchev–Trinajstić information content (AvgIpc) is 3.00. The highest BCUT2D eigenvalue weighted by Crippen LogP contribution is 2.24. The molecule has 0 saturated heterocycles. The van der Waals surface area contributed by atoms with E-state index < -0.39 is 0 Å². The molecular weight excluding hydrogens is 362 g/mol. The number of nitrogens with zero attached hydrogens (tertiary/aromatic N) is 2. The summed E-state index contributed by atoms with van der Waals surface area (Å²) in [5.74, 6) is 0.615. The minimum atomic E-state index is -0.153. The number of hydrogen-bond donors (Lipinski definition) is 1. The minimum absolute atomic E-state index is 0.153. The summed E-state index contributed by atoms with van der Waals surface area (Å²) in [6, 6.07) is 21.6. The van der Waals surface area contributed by atoms with Gasteiger partial charge in [0.1, 0.15) is 5.75 Å². The Morgan fingerprint density at radius 3 is 2.52 bits per heavy atom. The monoisotopic (exact) mass is 385 g/mol. The molecule has 0 unspecified atom stereocenters. The van der Waals surface area contributed by atoms with Gasteiger partial charge < -0.3 is 10.1 Å². The van der Waals surface area contributed by atoms with Crippen molar-refractivity contribution in [3.8, 4) is 5.75 Å². The van der Waals surface area contributed by atoms with Crippen LogP contribution < -0.4 is 10.1 Å². The summed E-state index contributed by atoms with van der Waals surface area (Å²) < 4.78 is 7.21. The lowest BCUT2D eigenvalue weighted by Crippen LogP contribution is -2.13. The number of aromatic nitrogens is 2. The van der Waals surface area contributed by atoms with E-state index in [0.29, 0.717) is 12.1 Å². The third-order valence-electron chi connectivity index (χ3n) is 5.10. The van der Waals surface area contributed by atoms with Crippen LogP contribution in [0.4, 0.5) is 5.69 Å². The van der Waals surface area contributed by atoms with Crippen molar-refractivity contribution in [3.05, 3.63) is 89.2 Å². The number of rotatable bonds is 5. The maximum absolute atomic E-state index is 12.9. The molecule has 0 fully saturated rings. The molecule has 0 radical (unpaired) electrons. The Bertz CT molecular complexity index is 1180. The zero-order valence-electron chi connectivity index (χ0n) is 16.8. The molecule has 0 bridgehead atoms. The van der Waals surface area contributed by atoms with Crippen LogP contribution in [0, 0.1) is 13.8 Å². The molecule has 3 aromatic carbocycles. The van der Waals surface area contributed by atoms with Crippen molar-refractivity contribution in [1.29, 1.82) is 0 Å². The molecule has 146 valence electrons. The van der Waals surface area contributed by atoms with Gasteiger partial charge in [0.2, 0.25) is 0 Å². The topological polar surface area (TPSA) is 56.1 Å². The summed E-state index contributed by atoms with van der Waals surface area (Å²) in [7, 11) is 1.64. The highest BCUT2D eigenvalue weighted by Gasteiger charge is 2.16. The van der Waals surface area contributed by atoms with Gasteiger partial charge in [-0.3, -0.25) is 9.48 Å². The molecule has 1 amide bonds. The quantitative estimate of drug-likeness (QED) is 0.528. The number of anilines is 1. The zero-order chi connectivity index (χ0) is 20.4. The van der Waals surface area contributed by atoms with E-state index in [0.717, 1.165) is 33.6 Å². The highest BCUT2D eigenvalue weighted by molar-refractivity contribution is 6.07. The molecule has 0 atom stereocenters. The number of amides is 1. The van der Waals surface area contributed by atoms with Gasteiger partial charge in [-0.25, -0.2) is 0 Å². The summed E-state index contributed by atoms with van der Waals surface area (Å²) in [5, 5.41) is 9.67. The number of hydrogen-bond acceptors (Lipinski definition) is 3. The van der Waals surface area contributed by atoms with E-state index in [1.54, 1.807) is 7.11 Å². The van der Waals surface area contributed by atoms with E-state index in [1.807, 2.05) is 73.1 Å². The van der Waals surface area contributed by atoms with Gasteiger partial charge in [0.15, 0.2) is 0 Å². The summed E-state index contributed by atoms with van der Waals surface area (Å²) in [6.07, 6.45) is 0. The minimum Gasteiger partial charge on any atom is -0.497 e. The van der Waals surface area contributed by atoms with Crippen LogP contribution in [0.15, 0.2) is 66.7 Å². The van der Waals surface area contributed by atoms with Crippen LogP contribution in [0.2, 0.25) is 0 Å². The van der Waals surface area contributed by atoms with Gasteiger partial charge >= 0.3 is 0 Å². The van der Waals surface area contributed by atoms with Crippen molar-refractivity contribution < 1.29 is 9.53 Å². The Balaban J connectivity index is 1.59. The molecule has 29 heavy (non-hydrogen) atoms. The number of benzene rings is 3. The third kappa shape index (κ3) is 3.85. The molecule has 5 heteroatoms. The first-order valence-corrected chi connectivity index (χ1v) is 9.52. The predicted octanol–water partition coefficient (Wildman–Crippen LogP) is 4.96. The fourth-order valence-corrected chi connectivity index (χ4v) is 3.47. The van der Waals surface area contributed by atoms with Crippen LogP contribution in [0.25, 0.3) is 10.8 Å². The molecule has 5 nitrogen and oxygen atoms in total. The van der Waals surface area contributed by atoms with Crippen molar-refractivity contribution in [2.45, 2.75) is 20.4 Å². The Kier molecular flexibility index (Phi) is 5.04. The Hall–Kier alpha value is -3.60. The van der Waals surface area contributed by atoms with Gasteiger partial charge in [-0.1, -0.05) is 42.5 Å². The molecule has 4 rings (SSSR count). The van der Waals surface area contributed by atoms with Crippen LogP contribution in [-0.4, -0.2) is 22.8 Å². The van der Waals surface area contributed by atoms with E-state index in [1.165, 1.54) is 5.56 Å². The van der Waals surface area contributed by atoms with Gasteiger partial charge in [0.05, 0.1) is 30.7 Å². The molecular formula is C24H23N3O2. The maximum Gasteiger partial charge on any atom is 0.255 e. The molecule has 0 spiro atoms. The number of carbonyl (C=O) groups is 1. The lowest BCUT2D eigenvalue weighted by atomic mass is 10.1. The van der Waals surface area contributed by atoms with Crippen molar-refractivity contribution in [2.75, 3.05) is 12.4 Å². The highest BCUT2D eigenvalue weighted by atomic mass is 16.5. The lowest BCUT2D eigenvalue weighted by Gasteiger charge is -2.09. The number of methoxy groups -OCH3 is 1. The molecule has 1 N–H and O–H groups in total. The van der Waals surface area contributed by atoms with Gasteiger partial charge in [-0.05, 0) is 54.4 Å². The van der Waals surface area contributed by atoms with Gasteiger partial charge in [-0.2, -0.15) is 5.10 Å². The fraction of sp³-hybridized carbons (Fsp3) is 0.167. The summed E-state index contributed by atoms with van der Waals surface area (Å²) >= 11 is 0. The van der Waals surface area contributed by atoms with E-state index in [4.69, 9.17) is 4.74 Å². The second-order valence-electron chi connectivity index (χ2n) is 7.07. The molecule has 1 aromatic heterocycles. The molecule has 0 saturated carbocycles. The van der Waals surface area contributed by atoms with E-state index in [-0.39, 0.29) is 5.91 Å². The second kappa shape index (κ2) is 7.80. The van der Waals surface area contributed by atoms with E-state index in [9.17, 15) is 4.79 Å². The lowest BCUT2D eigenvalue weighted by molar-refractivity contribution is 0.102. The predicted molar refractivity (Wildman–Crippen MR) is 116 cm³/mol. The summed E-state index contributed by atoms with van der Waals surface area (Å²) in [6.45, 7) is 4.55. The first-order chi connectivity index (χ1) is 14.0. The smallest absolute Gasteiger partial charge is 0.255 e. The zero-order valence-corrected chi connectivity index (χ0v) is 16.8. The fourth-order valence-electron chi connectivity index (χ4n) is 3.47. The maximum atomic E-state index is 12.9. The van der Waals surface area contributed by atoms with Crippen LogP contribution in [0.1, 0.15) is 27.3 Å². The van der Waals surface area contributed by atoms with E-state index in [2.05, 4.69) is 22.5 Å². The Morgan fingerprint density at radius 2 is 1.76 bits per heavy atom. The Labute approximate surface area is 169 Å². The molecule has 0 aliphatic rings. The normalized spacial score (nSPS) is 10.9. The third-order valence-corrected chi connectivity index (χ3v) is 5.10. The number of nitrogens with one attached hydrogen (secondary N) is 1. The molecule has 0 aliphatic carbocycles. The van der Waals surface area contributed by atoms with Gasteiger partial charge in [0.25, 0.3) is 5.91 Å². The van der Waals surface area contributed by atoms with Crippen molar-refractivity contribution in [2.24, 2.45) is 0 Å². The number of aryl methyl sites for hydroxylation is 1. The molecule has 0 aliphatic heterocycles.